The zero-order valence-corrected chi connectivity index (χ0v) is 10.1. The Morgan fingerprint density at radius 2 is 2.00 bits per heavy atom. The fourth-order valence-corrected chi connectivity index (χ4v) is 0.800. The second-order valence-corrected chi connectivity index (χ2v) is 2.67. The monoisotopic (exact) mass is 196 g/mol. The van der Waals surface area contributed by atoms with E-state index < -0.39 is 0 Å². The van der Waals surface area contributed by atoms with E-state index in [-0.39, 0.29) is 0 Å². The molecule has 0 spiro atoms. The van der Waals surface area contributed by atoms with Gasteiger partial charge in [0.2, 0.25) is 0 Å². The van der Waals surface area contributed by atoms with Crippen molar-refractivity contribution in [2.24, 2.45) is 4.99 Å². The van der Waals surface area contributed by atoms with Crippen molar-refractivity contribution in [3.05, 3.63) is 24.0 Å². The van der Waals surface area contributed by atoms with Gasteiger partial charge in [-0.05, 0) is 25.6 Å². The molecule has 0 aliphatic heterocycles. The average Bonchev–Trinajstić information content (AvgIpc) is 2.26. The van der Waals surface area contributed by atoms with E-state index in [1.165, 1.54) is 6.42 Å². The quantitative estimate of drug-likeness (QED) is 0.392. The van der Waals surface area contributed by atoms with Gasteiger partial charge in [-0.15, -0.1) is 0 Å². The molecule has 0 heterocycles. The lowest BCUT2D eigenvalue weighted by Crippen LogP contribution is -2.14. The van der Waals surface area contributed by atoms with E-state index in [2.05, 4.69) is 30.5 Å². The highest BCUT2D eigenvalue weighted by atomic mass is 15.0. The van der Waals surface area contributed by atoms with Gasteiger partial charge in [-0.1, -0.05) is 39.8 Å². The third-order valence-corrected chi connectivity index (χ3v) is 1.66. The van der Waals surface area contributed by atoms with Crippen molar-refractivity contribution in [1.29, 1.82) is 0 Å². The lowest BCUT2D eigenvalue weighted by molar-refractivity contribution is 0.702. The maximum absolute atomic E-state index is 3.88. The van der Waals surface area contributed by atoms with Crippen LogP contribution in [-0.4, -0.2) is 13.3 Å². The summed E-state index contributed by atoms with van der Waals surface area (Å²) in [6.45, 7) is 16.2. The fourth-order valence-electron chi connectivity index (χ4n) is 0.800. The largest absolute Gasteiger partial charge is 0.370 e. The van der Waals surface area contributed by atoms with Gasteiger partial charge in [-0.25, -0.2) is 4.99 Å². The summed E-state index contributed by atoms with van der Waals surface area (Å²) in [6.07, 6.45) is 4.12. The zero-order valence-electron chi connectivity index (χ0n) is 10.1. The van der Waals surface area contributed by atoms with Crippen LogP contribution in [0.15, 0.2) is 29.0 Å². The van der Waals surface area contributed by atoms with Gasteiger partial charge in [0.15, 0.2) is 0 Å². The number of nitrogens with one attached hydrogen (secondary N) is 1. The minimum atomic E-state index is 0.846. The molecule has 0 saturated heterocycles. The van der Waals surface area contributed by atoms with E-state index in [1.54, 1.807) is 6.08 Å². The molecule has 0 aliphatic carbocycles. The van der Waals surface area contributed by atoms with Gasteiger partial charge in [0.05, 0.1) is 0 Å². The predicted octanol–water partition coefficient (Wildman–Crippen LogP) is 3.52. The number of hydrogen-bond acceptors (Lipinski definition) is 2. The highest BCUT2D eigenvalue weighted by Gasteiger charge is 1.94. The van der Waals surface area contributed by atoms with Crippen LogP contribution in [0.1, 0.15) is 40.5 Å². The summed E-state index contributed by atoms with van der Waals surface area (Å²) < 4.78 is 0. The van der Waals surface area contributed by atoms with Gasteiger partial charge < -0.3 is 5.32 Å². The first-order valence-electron chi connectivity index (χ1n) is 5.30. The predicted molar refractivity (Wildman–Crippen MR) is 66.7 cm³/mol. The van der Waals surface area contributed by atoms with Gasteiger partial charge >= 0.3 is 0 Å². The summed E-state index contributed by atoms with van der Waals surface area (Å²) in [7, 11) is 0. The van der Waals surface area contributed by atoms with E-state index in [4.69, 9.17) is 0 Å². The second-order valence-electron chi connectivity index (χ2n) is 2.67. The first-order chi connectivity index (χ1) is 6.76. The lowest BCUT2D eigenvalue weighted by Gasteiger charge is -2.06. The van der Waals surface area contributed by atoms with Crippen LogP contribution < -0.4 is 5.32 Å². The molecular formula is C12H24N2. The number of nitrogens with zero attached hydrogens (tertiary/aromatic N) is 1. The van der Waals surface area contributed by atoms with Crippen molar-refractivity contribution in [2.75, 3.05) is 6.54 Å². The maximum Gasteiger partial charge on any atom is 0.128 e. The molecule has 0 rings (SSSR count). The van der Waals surface area contributed by atoms with Gasteiger partial charge in [0.1, 0.15) is 5.82 Å². The van der Waals surface area contributed by atoms with E-state index in [1.807, 2.05) is 20.8 Å². The molecule has 0 bridgehead atoms. The summed E-state index contributed by atoms with van der Waals surface area (Å²) in [5.74, 6) is 0.846. The van der Waals surface area contributed by atoms with Crippen molar-refractivity contribution >= 4 is 6.72 Å². The SMILES string of the molecule is C=C/C(C)=C(\N=C)NCCCC.CC. The smallest absolute Gasteiger partial charge is 0.128 e. The summed E-state index contributed by atoms with van der Waals surface area (Å²) in [4.78, 5) is 3.88. The Labute approximate surface area is 88.8 Å². The van der Waals surface area contributed by atoms with Crippen LogP contribution in [-0.2, 0) is 0 Å². The molecule has 14 heavy (non-hydrogen) atoms. The number of rotatable bonds is 6. The van der Waals surface area contributed by atoms with Crippen molar-refractivity contribution in [1.82, 2.24) is 5.32 Å². The lowest BCUT2D eigenvalue weighted by atomic mass is 10.3. The Hall–Kier alpha value is -1.05. The summed E-state index contributed by atoms with van der Waals surface area (Å²) >= 11 is 0. The Bertz CT molecular complexity index is 181. The molecular weight excluding hydrogens is 172 g/mol. The fraction of sp³-hybridized carbons (Fsp3) is 0.583. The van der Waals surface area contributed by atoms with Crippen molar-refractivity contribution in [3.8, 4) is 0 Å². The number of aliphatic imine (C=N–C) groups is 1. The molecule has 1 N–H and O–H groups in total. The van der Waals surface area contributed by atoms with Gasteiger partial charge in [-0.2, -0.15) is 0 Å². The molecule has 0 radical (unpaired) electrons. The third-order valence-electron chi connectivity index (χ3n) is 1.66. The summed E-state index contributed by atoms with van der Waals surface area (Å²) in [5, 5.41) is 3.20. The highest BCUT2D eigenvalue weighted by molar-refractivity contribution is 5.32. The molecule has 0 aliphatic rings. The average molecular weight is 196 g/mol. The second kappa shape index (κ2) is 11.9. The van der Waals surface area contributed by atoms with E-state index in [9.17, 15) is 0 Å². The van der Waals surface area contributed by atoms with Gasteiger partial charge in [0.25, 0.3) is 0 Å². The van der Waals surface area contributed by atoms with Crippen LogP contribution in [0.25, 0.3) is 0 Å². The number of unbranched alkanes of at least 4 members (excludes halogenated alkanes) is 1. The Balaban J connectivity index is 0. The van der Waals surface area contributed by atoms with E-state index >= 15 is 0 Å². The Morgan fingerprint density at radius 3 is 2.36 bits per heavy atom. The third kappa shape index (κ3) is 7.59. The van der Waals surface area contributed by atoms with Gasteiger partial charge in [0, 0.05) is 6.54 Å². The molecule has 0 aromatic carbocycles. The van der Waals surface area contributed by atoms with Crippen molar-refractivity contribution in [3.63, 3.8) is 0 Å². The van der Waals surface area contributed by atoms with E-state index in [0.717, 1.165) is 24.4 Å². The van der Waals surface area contributed by atoms with Crippen LogP contribution >= 0.6 is 0 Å². The molecule has 0 saturated carbocycles. The van der Waals surface area contributed by atoms with Crippen LogP contribution in [0.5, 0.6) is 0 Å². The maximum atomic E-state index is 3.88. The Kier molecular flexibility index (Phi) is 13.2. The van der Waals surface area contributed by atoms with Crippen LogP contribution in [0.4, 0.5) is 0 Å². The summed E-state index contributed by atoms with van der Waals surface area (Å²) in [5.41, 5.74) is 1.04. The molecule has 0 amide bonds. The molecule has 0 unspecified atom stereocenters. The van der Waals surface area contributed by atoms with Crippen molar-refractivity contribution < 1.29 is 0 Å². The van der Waals surface area contributed by atoms with Crippen molar-refractivity contribution in [2.45, 2.75) is 40.5 Å². The minimum absolute atomic E-state index is 0.846. The Morgan fingerprint density at radius 1 is 1.43 bits per heavy atom. The highest BCUT2D eigenvalue weighted by Crippen LogP contribution is 2.02. The molecule has 0 aromatic rings. The minimum Gasteiger partial charge on any atom is -0.370 e. The van der Waals surface area contributed by atoms with E-state index in [0.29, 0.717) is 0 Å². The topological polar surface area (TPSA) is 24.4 Å². The summed E-state index contributed by atoms with van der Waals surface area (Å²) in [6, 6.07) is 0. The van der Waals surface area contributed by atoms with Crippen LogP contribution in [0, 0.1) is 0 Å². The molecule has 82 valence electrons. The molecule has 0 fully saturated rings. The van der Waals surface area contributed by atoms with Crippen LogP contribution in [0.2, 0.25) is 0 Å². The normalized spacial score (nSPS) is 10.6. The van der Waals surface area contributed by atoms with Crippen LogP contribution in [0.3, 0.4) is 0 Å². The molecule has 0 atom stereocenters. The van der Waals surface area contributed by atoms with Gasteiger partial charge in [-0.3, -0.25) is 0 Å². The first-order valence-corrected chi connectivity index (χ1v) is 5.30. The zero-order chi connectivity index (χ0) is 11.4. The molecule has 0 aromatic heterocycles. The molecule has 2 heteroatoms. The molecule has 2 nitrogen and oxygen atoms in total. The number of hydrogen-bond donors (Lipinski definition) is 1. The number of allylic oxidation sites excluding steroid dienone is 2. The standard InChI is InChI=1S/C10H18N2.C2H6/c1-5-7-8-12-10(11-4)9(3)6-2;1-2/h6,12H,2,4-5,7-8H2,1,3H3;1-2H3/b10-9+;. The first kappa shape index (κ1) is 15.4.